The van der Waals surface area contributed by atoms with Gasteiger partial charge in [-0.3, -0.25) is 9.48 Å². The maximum absolute atomic E-state index is 12.0. The van der Waals surface area contributed by atoms with Crippen LogP contribution in [0.1, 0.15) is 5.69 Å². The van der Waals surface area contributed by atoms with E-state index in [2.05, 4.69) is 0 Å². The van der Waals surface area contributed by atoms with E-state index in [0.29, 0.717) is 5.75 Å². The zero-order chi connectivity index (χ0) is 12.6. The van der Waals surface area contributed by atoms with E-state index in [0.717, 1.165) is 11.4 Å². The summed E-state index contributed by atoms with van der Waals surface area (Å²) in [5.41, 5.74) is 7.27. The van der Waals surface area contributed by atoms with Gasteiger partial charge in [-0.1, -0.05) is 6.07 Å². The van der Waals surface area contributed by atoms with Gasteiger partial charge >= 0.3 is 0 Å². The number of hydrogen-bond acceptors (Lipinski definition) is 3. The fourth-order valence-corrected chi connectivity index (χ4v) is 1.76. The molecule has 0 saturated carbocycles. The summed E-state index contributed by atoms with van der Waals surface area (Å²) in [5, 5.41) is 0. The molecule has 0 aliphatic heterocycles. The monoisotopic (exact) mass is 233 g/mol. The van der Waals surface area contributed by atoms with Gasteiger partial charge < -0.3 is 10.5 Å². The van der Waals surface area contributed by atoms with Crippen molar-refractivity contribution in [2.75, 3.05) is 12.8 Å². The molecule has 5 nitrogen and oxygen atoms in total. The molecule has 1 aromatic carbocycles. The first-order valence-electron chi connectivity index (χ1n) is 5.24. The Balaban J connectivity index is 2.68. The fourth-order valence-electron chi connectivity index (χ4n) is 1.76. The Labute approximate surface area is 99.0 Å². The minimum atomic E-state index is -0.210. The third-order valence-electron chi connectivity index (χ3n) is 2.90. The standard InChI is InChI=1S/C12H15N3O2/c1-8-11(13)12(16)15(14(8)2)9-5-4-6-10(7-9)17-3/h4-7H,13H2,1-3H3. The predicted octanol–water partition coefficient (Wildman–Crippen LogP) is 1.08. The highest BCUT2D eigenvalue weighted by Crippen LogP contribution is 2.17. The van der Waals surface area contributed by atoms with Crippen LogP contribution in [0.5, 0.6) is 5.75 Å². The molecule has 0 atom stereocenters. The summed E-state index contributed by atoms with van der Waals surface area (Å²) < 4.78 is 8.39. The van der Waals surface area contributed by atoms with Crippen LogP contribution in [0.15, 0.2) is 29.1 Å². The zero-order valence-corrected chi connectivity index (χ0v) is 10.1. The Hall–Kier alpha value is -2.17. The largest absolute Gasteiger partial charge is 0.497 e. The van der Waals surface area contributed by atoms with E-state index in [-0.39, 0.29) is 11.2 Å². The number of ether oxygens (including phenoxy) is 1. The molecule has 0 radical (unpaired) electrons. The second kappa shape index (κ2) is 4.01. The third-order valence-corrected chi connectivity index (χ3v) is 2.90. The molecule has 17 heavy (non-hydrogen) atoms. The Morgan fingerprint density at radius 2 is 2.06 bits per heavy atom. The number of nitrogens with zero attached hydrogens (tertiary/aromatic N) is 2. The van der Waals surface area contributed by atoms with Gasteiger partial charge in [0.15, 0.2) is 0 Å². The minimum Gasteiger partial charge on any atom is -0.497 e. The van der Waals surface area contributed by atoms with Gasteiger partial charge in [0.05, 0.1) is 18.5 Å². The summed E-state index contributed by atoms with van der Waals surface area (Å²) in [6.45, 7) is 1.81. The van der Waals surface area contributed by atoms with Crippen LogP contribution in [0.4, 0.5) is 5.69 Å². The molecule has 0 spiro atoms. The van der Waals surface area contributed by atoms with Crippen LogP contribution in [-0.2, 0) is 7.05 Å². The normalized spacial score (nSPS) is 10.5. The number of methoxy groups -OCH3 is 1. The molecule has 0 aliphatic carbocycles. The van der Waals surface area contributed by atoms with Crippen LogP contribution in [0.3, 0.4) is 0 Å². The Morgan fingerprint density at radius 1 is 1.35 bits per heavy atom. The van der Waals surface area contributed by atoms with Gasteiger partial charge in [-0.25, -0.2) is 4.68 Å². The number of hydrogen-bond donors (Lipinski definition) is 1. The second-order valence-electron chi connectivity index (χ2n) is 3.84. The number of benzene rings is 1. The van der Waals surface area contributed by atoms with Gasteiger partial charge in [-0.05, 0) is 19.1 Å². The Bertz CT molecular complexity index is 611. The smallest absolute Gasteiger partial charge is 0.294 e. The molecule has 2 aromatic rings. The maximum Gasteiger partial charge on any atom is 0.294 e. The van der Waals surface area contributed by atoms with E-state index in [1.54, 1.807) is 24.9 Å². The van der Waals surface area contributed by atoms with Crippen molar-refractivity contribution in [3.8, 4) is 11.4 Å². The zero-order valence-electron chi connectivity index (χ0n) is 10.1. The van der Waals surface area contributed by atoms with E-state index < -0.39 is 0 Å². The summed E-state index contributed by atoms with van der Waals surface area (Å²) in [7, 11) is 3.39. The van der Waals surface area contributed by atoms with E-state index in [1.165, 1.54) is 4.68 Å². The van der Waals surface area contributed by atoms with Gasteiger partial charge in [-0.15, -0.1) is 0 Å². The van der Waals surface area contributed by atoms with Crippen LogP contribution in [-0.4, -0.2) is 16.5 Å². The van der Waals surface area contributed by atoms with Gasteiger partial charge in [0, 0.05) is 13.1 Å². The van der Waals surface area contributed by atoms with E-state index in [9.17, 15) is 4.79 Å². The number of rotatable bonds is 2. The average Bonchev–Trinajstić information content (AvgIpc) is 2.54. The van der Waals surface area contributed by atoms with E-state index in [1.807, 2.05) is 25.1 Å². The predicted molar refractivity (Wildman–Crippen MR) is 66.7 cm³/mol. The summed E-state index contributed by atoms with van der Waals surface area (Å²) in [5.74, 6) is 0.701. The molecule has 0 bridgehead atoms. The summed E-state index contributed by atoms with van der Waals surface area (Å²) in [4.78, 5) is 12.0. The van der Waals surface area contributed by atoms with Crippen molar-refractivity contribution in [3.63, 3.8) is 0 Å². The SMILES string of the molecule is COc1cccc(-n2c(=O)c(N)c(C)n2C)c1. The summed E-state index contributed by atoms with van der Waals surface area (Å²) in [6.07, 6.45) is 0. The molecule has 0 aliphatic rings. The molecule has 2 N–H and O–H groups in total. The average molecular weight is 233 g/mol. The molecule has 2 rings (SSSR count). The highest BCUT2D eigenvalue weighted by molar-refractivity contribution is 5.46. The highest BCUT2D eigenvalue weighted by atomic mass is 16.5. The molecule has 0 fully saturated rings. The van der Waals surface area contributed by atoms with Crippen molar-refractivity contribution in [1.82, 2.24) is 9.36 Å². The summed E-state index contributed by atoms with van der Waals surface area (Å²) in [6, 6.07) is 7.29. The minimum absolute atomic E-state index is 0.210. The van der Waals surface area contributed by atoms with E-state index >= 15 is 0 Å². The number of anilines is 1. The van der Waals surface area contributed by atoms with Crippen molar-refractivity contribution in [3.05, 3.63) is 40.3 Å². The fraction of sp³-hybridized carbons (Fsp3) is 0.250. The van der Waals surface area contributed by atoms with Crippen LogP contribution < -0.4 is 16.0 Å². The van der Waals surface area contributed by atoms with Gasteiger partial charge in [0.25, 0.3) is 5.56 Å². The number of nitrogen functional groups attached to an aromatic ring is 1. The molecular formula is C12H15N3O2. The van der Waals surface area contributed by atoms with Crippen molar-refractivity contribution >= 4 is 5.69 Å². The maximum atomic E-state index is 12.0. The van der Waals surface area contributed by atoms with Crippen LogP contribution in [0.25, 0.3) is 5.69 Å². The van der Waals surface area contributed by atoms with Gasteiger partial charge in [0.1, 0.15) is 11.4 Å². The van der Waals surface area contributed by atoms with E-state index in [4.69, 9.17) is 10.5 Å². The lowest BCUT2D eigenvalue weighted by molar-refractivity contribution is 0.414. The van der Waals surface area contributed by atoms with Crippen LogP contribution in [0.2, 0.25) is 0 Å². The lowest BCUT2D eigenvalue weighted by Crippen LogP contribution is -2.20. The van der Waals surface area contributed by atoms with Crippen molar-refractivity contribution < 1.29 is 4.74 Å². The summed E-state index contributed by atoms with van der Waals surface area (Å²) >= 11 is 0. The van der Waals surface area contributed by atoms with Crippen molar-refractivity contribution in [1.29, 1.82) is 0 Å². The Kier molecular flexibility index (Phi) is 2.67. The highest BCUT2D eigenvalue weighted by Gasteiger charge is 2.13. The van der Waals surface area contributed by atoms with Crippen LogP contribution in [0, 0.1) is 6.92 Å². The molecule has 90 valence electrons. The molecule has 5 heteroatoms. The van der Waals surface area contributed by atoms with Crippen molar-refractivity contribution in [2.24, 2.45) is 7.05 Å². The molecule has 0 amide bonds. The number of nitrogens with two attached hydrogens (primary N) is 1. The van der Waals surface area contributed by atoms with Crippen molar-refractivity contribution in [2.45, 2.75) is 6.92 Å². The third kappa shape index (κ3) is 1.69. The molecular weight excluding hydrogens is 218 g/mol. The number of aromatic nitrogens is 2. The molecule has 1 heterocycles. The lowest BCUT2D eigenvalue weighted by atomic mass is 10.3. The first kappa shape index (κ1) is 11.3. The molecule has 0 saturated heterocycles. The second-order valence-corrected chi connectivity index (χ2v) is 3.84. The first-order valence-corrected chi connectivity index (χ1v) is 5.24. The first-order chi connectivity index (χ1) is 8.06. The topological polar surface area (TPSA) is 62.2 Å². The molecule has 1 aromatic heterocycles. The van der Waals surface area contributed by atoms with Gasteiger partial charge in [0.2, 0.25) is 0 Å². The lowest BCUT2D eigenvalue weighted by Gasteiger charge is -2.09. The van der Waals surface area contributed by atoms with Crippen LogP contribution >= 0.6 is 0 Å². The molecule has 0 unspecified atom stereocenters. The van der Waals surface area contributed by atoms with Gasteiger partial charge in [-0.2, -0.15) is 0 Å². The quantitative estimate of drug-likeness (QED) is 0.844. The Morgan fingerprint density at radius 3 is 2.59 bits per heavy atom.